The Labute approximate surface area is 591 Å². The van der Waals surface area contributed by atoms with Crippen LogP contribution in [-0.2, 0) is 28.4 Å². The van der Waals surface area contributed by atoms with Crippen molar-refractivity contribution < 1.29 is 134 Å². The predicted octanol–water partition coefficient (Wildman–Crippen LogP) is -14.7. The molecule has 24 atom stereocenters. The van der Waals surface area contributed by atoms with Crippen LogP contribution in [0.15, 0.2) is 134 Å². The van der Waals surface area contributed by atoms with E-state index in [0.717, 1.165) is 22.5 Å². The fraction of sp³-hybridized carbons (Fsp3) is 0.556. The molecule has 48 nitrogen and oxygen atoms in total. The van der Waals surface area contributed by atoms with Crippen LogP contribution >= 0.6 is 0 Å². The quantitative estimate of drug-likeness (QED) is 0.0863. The summed E-state index contributed by atoms with van der Waals surface area (Å²) in [6.45, 7) is 12.8. The van der Waals surface area contributed by atoms with Gasteiger partial charge in [-0.1, -0.05) is 39.5 Å². The van der Waals surface area contributed by atoms with Crippen LogP contribution in [-0.4, -0.2) is 382 Å². The highest BCUT2D eigenvalue weighted by molar-refractivity contribution is 5.92. The number of hydrogen-bond donors (Lipinski definition) is 24. The van der Waals surface area contributed by atoms with E-state index < -0.39 is 187 Å². The molecule has 0 bridgehead atoms. The second-order valence-corrected chi connectivity index (χ2v) is 21.4. The van der Waals surface area contributed by atoms with Crippen LogP contribution in [0, 0.1) is 0 Å². The highest BCUT2D eigenvalue weighted by Crippen LogP contribution is 2.32. The zero-order valence-electron chi connectivity index (χ0n) is 62.9. The normalized spacial score (nSPS) is 43.5. The Kier molecular flexibility index (Phi) is 23.0. The predicted molar refractivity (Wildman–Crippen MR) is 353 cm³/mol. The molecule has 564 valence electrons. The van der Waals surface area contributed by atoms with Crippen molar-refractivity contribution >= 4 is 73.8 Å². The molecule has 0 aromatic rings. The Bertz CT molecular complexity index is 3900. The largest absolute Gasteiger partial charge is 0.394 e. The molecule has 0 amide bonds. The van der Waals surface area contributed by atoms with Crippen LogP contribution in [0.25, 0.3) is 0 Å². The molecule has 6 fully saturated rings. The number of guanidine groups is 6. The maximum atomic E-state index is 9.97. The molecular formula is C54H84N24O24. The number of aliphatic hydroxyl groups excluding tert-OH is 13. The highest BCUT2D eigenvalue weighted by Gasteiger charge is 2.51. The van der Waals surface area contributed by atoms with Gasteiger partial charge in [0.25, 0.3) is 0 Å². The molecule has 0 aliphatic carbocycles. The first-order valence-corrected chi connectivity index (χ1v) is 29.0. The summed E-state index contributed by atoms with van der Waals surface area (Å²) in [5, 5.41) is 172. The van der Waals surface area contributed by atoms with Gasteiger partial charge in [0.15, 0.2) is 37.3 Å². The van der Waals surface area contributed by atoms with Crippen LogP contribution in [0.3, 0.4) is 0 Å². The lowest BCUT2D eigenvalue weighted by Crippen LogP contribution is -2.44. The Hall–Kier alpha value is -8.88. The molecule has 6 saturated heterocycles. The van der Waals surface area contributed by atoms with Crippen molar-refractivity contribution in [1.82, 2.24) is 29.4 Å². The molecule has 0 radical (unpaired) electrons. The number of nitrogens with zero attached hydrogens (tertiary/aromatic N) is 18. The van der Waals surface area contributed by atoms with Gasteiger partial charge < -0.3 is 155 Å². The first kappa shape index (κ1) is 66.4. The third-order valence-electron chi connectivity index (χ3n) is 14.7. The Morgan fingerprint density at radius 2 is 0.618 bits per heavy atom. The van der Waals surface area contributed by atoms with E-state index >= 15 is 0 Å². The van der Waals surface area contributed by atoms with E-state index in [9.17, 15) is 71.5 Å². The number of ether oxygens (including phenoxy) is 6. The van der Waals surface area contributed by atoms with E-state index in [1.807, 2.05) is 0 Å². The second kappa shape index (κ2) is 35.3. The van der Waals surface area contributed by atoms with Gasteiger partial charge in [-0.3, -0.25) is 29.4 Å². The topological polar surface area (TPSA) is 743 Å². The number of hydrogen-bond acceptors (Lipinski definition) is 48. The molecule has 12 aliphatic heterocycles. The van der Waals surface area contributed by atoms with Crippen LogP contribution in [0.4, 0.5) is 0 Å². The number of aliphatic imine (C=N–C) groups is 12. The summed E-state index contributed by atoms with van der Waals surface area (Å²) in [6.07, 6.45) is -33.5. The summed E-state index contributed by atoms with van der Waals surface area (Å²) in [5.41, 5.74) is 32.1. The molecule has 0 spiro atoms. The molecule has 0 aromatic carbocycles. The zero-order chi connectivity index (χ0) is 84.6. The van der Waals surface area contributed by atoms with Crippen LogP contribution in [0.5, 0.6) is 0 Å². The van der Waals surface area contributed by atoms with Gasteiger partial charge in [-0.25, -0.2) is 30.0 Å². The van der Waals surface area contributed by atoms with E-state index in [2.05, 4.69) is 99.4 Å². The second-order valence-electron chi connectivity index (χ2n) is 21.4. The zero-order valence-corrected chi connectivity index (χ0v) is 52.9. The monoisotopic (exact) mass is 1460 g/mol. The van der Waals surface area contributed by atoms with Crippen molar-refractivity contribution in [3.8, 4) is 0 Å². The van der Waals surface area contributed by atoms with E-state index in [4.69, 9.17) is 97.0 Å². The molecule has 12 aliphatic rings. The fourth-order valence-electron chi connectivity index (χ4n) is 9.45. The molecule has 0 saturated carbocycles. The average Bonchev–Trinajstić information content (AvgIpc) is 1.56. The maximum absolute atomic E-state index is 9.97. The molecule has 48 heteroatoms. The Balaban J connectivity index is 0.000000187. The summed E-state index contributed by atoms with van der Waals surface area (Å²) < 4.78 is 106. The number of rotatable bonds is 12. The van der Waals surface area contributed by atoms with Gasteiger partial charge in [-0.15, -0.1) is 0 Å². The minimum absolute atomic E-state index is 0.00331. The van der Waals surface area contributed by atoms with Gasteiger partial charge in [0.1, 0.15) is 183 Å². The summed E-state index contributed by atoms with van der Waals surface area (Å²) >= 11 is 0. The lowest BCUT2D eigenvalue weighted by Gasteiger charge is -2.29. The molecule has 6 unspecified atom stereocenters. The van der Waals surface area contributed by atoms with Crippen molar-refractivity contribution in [2.75, 3.05) is 39.5 Å². The van der Waals surface area contributed by atoms with Crippen molar-refractivity contribution in [1.29, 1.82) is 0 Å². The van der Waals surface area contributed by atoms with E-state index in [1.165, 1.54) is 45.0 Å². The van der Waals surface area contributed by atoms with E-state index in [1.54, 1.807) is 0 Å². The third kappa shape index (κ3) is 18.3. The van der Waals surface area contributed by atoms with Crippen LogP contribution < -0.4 is 34.4 Å². The van der Waals surface area contributed by atoms with Crippen LogP contribution in [0.1, 0.15) is 13.7 Å². The molecule has 102 heavy (non-hydrogen) atoms. The SMILES string of the molecule is [2H]C([2H])(O)[C@@]1([2H])O[C@@H](N2C=NC(N)=NC2=C)C(O)[C@@]1([2H])O.[2H]C([2H])(O)[C@H]1O[C@@H](N2C=NC(N)=NC2=C)C(O)[C@H]1O.[2H]C1(O)[C@@H](O)[C@@H](CO)O[C@H]1N1C=NC(N)=NC1=C.[2H][C@@]1(N2C=NC(N)=NC2=C)O[C@H](CO)[C@H](O)C1O.[2H][C@@]1(O)C(O)[C@H](N2C=NC(N)=NC2=C)O[C@@H]1CO.[2H][C@]1(CO)O[C@@H](N2C=NC(N)=NC2=C)C(O)[C@H]1O. The Morgan fingerprint density at radius 1 is 0.314 bits per heavy atom. The molecule has 12 rings (SSSR count). The van der Waals surface area contributed by atoms with Crippen LogP contribution in [0.2, 0.25) is 0 Å². The van der Waals surface area contributed by atoms with Crippen molar-refractivity contribution in [2.24, 2.45) is 94.3 Å². The lowest BCUT2D eigenvalue weighted by atomic mass is 10.1. The minimum atomic E-state index is -3.42. The minimum Gasteiger partial charge on any atom is -0.394 e. The Morgan fingerprint density at radius 3 is 0.931 bits per heavy atom. The average molecular weight is 1460 g/mol. The molecule has 30 N–H and O–H groups in total. The first-order valence-electron chi connectivity index (χ1n) is 34.0. The summed E-state index contributed by atoms with van der Waals surface area (Å²) in [4.78, 5) is 51.4. The maximum Gasteiger partial charge on any atom is 0.223 e. The van der Waals surface area contributed by atoms with Gasteiger partial charge in [0.05, 0.1) is 53.3 Å². The third-order valence-corrected chi connectivity index (χ3v) is 14.7. The summed E-state index contributed by atoms with van der Waals surface area (Å²) in [5.74, 6) is 0.324. The molecular weight excluding hydrogens is 1370 g/mol. The molecule has 0 aromatic heterocycles. The van der Waals surface area contributed by atoms with Gasteiger partial charge in [0, 0.05) is 0 Å². The molecule has 12 heterocycles. The fourth-order valence-corrected chi connectivity index (χ4v) is 9.45. The van der Waals surface area contributed by atoms with Crippen molar-refractivity contribution in [2.45, 2.75) is 147 Å². The highest BCUT2D eigenvalue weighted by atomic mass is 16.6. The van der Waals surface area contributed by atoms with E-state index in [-0.39, 0.29) is 70.7 Å². The van der Waals surface area contributed by atoms with Gasteiger partial charge in [-0.2, -0.15) is 30.0 Å². The van der Waals surface area contributed by atoms with Crippen molar-refractivity contribution in [3.05, 3.63) is 74.4 Å². The summed E-state index contributed by atoms with van der Waals surface area (Å²) in [6, 6.07) is 0. The lowest BCUT2D eigenvalue weighted by molar-refractivity contribution is -0.0607. The first-order chi connectivity index (χ1) is 51.7. The van der Waals surface area contributed by atoms with Gasteiger partial charge in [-0.05, 0) is 0 Å². The van der Waals surface area contributed by atoms with E-state index in [0.29, 0.717) is 0 Å². The van der Waals surface area contributed by atoms with Crippen molar-refractivity contribution in [3.63, 3.8) is 0 Å². The van der Waals surface area contributed by atoms with Gasteiger partial charge >= 0.3 is 0 Å². The standard InChI is InChI=1S/6C9H14N4O4/c6*1-4-12-9(10)11-3-13(4)8-7(16)6(15)5(2-14)17-8/h6*3,5-8,14-16H,1-2H2,(H2,10,12)/t6*5-,6+,7?,8-/m111111/s1/i2D2,5D,6D;8D;7D;6D;5D;2D2. The number of nitrogens with two attached hydrogens (primary N) is 6. The summed E-state index contributed by atoms with van der Waals surface area (Å²) in [7, 11) is 0. The van der Waals surface area contributed by atoms with Gasteiger partial charge in [0.2, 0.25) is 35.8 Å². The number of aliphatic hydroxyl groups is 18. The smallest absolute Gasteiger partial charge is 0.223 e.